The Morgan fingerprint density at radius 3 is 2.83 bits per heavy atom. The zero-order chi connectivity index (χ0) is 17.7. The number of halogens is 2. The van der Waals surface area contributed by atoms with Crippen molar-refractivity contribution in [2.24, 2.45) is 0 Å². The van der Waals surface area contributed by atoms with Crippen LogP contribution in [-0.2, 0) is 20.9 Å². The van der Waals surface area contributed by atoms with Crippen molar-refractivity contribution < 1.29 is 28.2 Å². The van der Waals surface area contributed by atoms with Gasteiger partial charge in [0.2, 0.25) is 0 Å². The molecule has 2 N–H and O–H groups in total. The van der Waals surface area contributed by atoms with Gasteiger partial charge in [-0.1, -0.05) is 6.07 Å². The number of hydrogen-bond donors (Lipinski definition) is 2. The first-order valence-electron chi connectivity index (χ1n) is 7.59. The molecule has 1 heterocycles. The number of piperidine rings is 1. The minimum Gasteiger partial charge on any atom is -0.468 e. The highest BCUT2D eigenvalue weighted by Gasteiger charge is 2.41. The Morgan fingerprint density at radius 1 is 1.42 bits per heavy atom. The lowest BCUT2D eigenvalue weighted by molar-refractivity contribution is -0.157. The van der Waals surface area contributed by atoms with E-state index in [1.54, 1.807) is 0 Å². The smallest absolute Gasteiger partial charge is 0.319 e. The first kappa shape index (κ1) is 18.3. The third-order valence-electron chi connectivity index (χ3n) is 3.98. The molecule has 8 heteroatoms. The van der Waals surface area contributed by atoms with Crippen molar-refractivity contribution in [3.63, 3.8) is 0 Å². The second-order valence-electron chi connectivity index (χ2n) is 5.79. The maximum atomic E-state index is 13.3. The number of ether oxygens (including phenoxy) is 1. The second-order valence-corrected chi connectivity index (χ2v) is 5.79. The van der Waals surface area contributed by atoms with E-state index in [9.17, 15) is 23.5 Å². The maximum absolute atomic E-state index is 13.3. The number of carbonyl (C=O) groups excluding carboxylic acids is 2. The van der Waals surface area contributed by atoms with Crippen molar-refractivity contribution in [3.8, 4) is 0 Å². The largest absolute Gasteiger partial charge is 0.468 e. The van der Waals surface area contributed by atoms with Crippen LogP contribution in [0.25, 0.3) is 0 Å². The molecule has 1 fully saturated rings. The standard InChI is InChI=1S/C16H20F2N2O4/c1-24-14(21)8-19-10-16(23)5-2-6-20(15(16)22)9-11-3-4-12(17)13(18)7-11/h3-4,7,19,23H,2,5-6,8-10H2,1H3. The van der Waals surface area contributed by atoms with Crippen LogP contribution in [0.15, 0.2) is 18.2 Å². The average Bonchev–Trinajstić information content (AvgIpc) is 2.55. The predicted octanol–water partition coefficient (Wildman–Crippen LogP) is 0.581. The number of nitrogens with one attached hydrogen (secondary N) is 1. The van der Waals surface area contributed by atoms with Gasteiger partial charge in [0.1, 0.15) is 0 Å². The molecule has 1 aromatic carbocycles. The van der Waals surface area contributed by atoms with E-state index in [-0.39, 0.29) is 26.1 Å². The van der Waals surface area contributed by atoms with Gasteiger partial charge in [0, 0.05) is 19.6 Å². The van der Waals surface area contributed by atoms with E-state index < -0.39 is 29.1 Å². The summed E-state index contributed by atoms with van der Waals surface area (Å²) in [4.78, 5) is 25.0. The number of aliphatic hydroxyl groups is 1. The first-order chi connectivity index (χ1) is 11.4. The van der Waals surface area contributed by atoms with E-state index in [4.69, 9.17) is 0 Å². The summed E-state index contributed by atoms with van der Waals surface area (Å²) in [5.41, 5.74) is -1.20. The predicted molar refractivity (Wildman–Crippen MR) is 80.8 cm³/mol. The Kier molecular flexibility index (Phi) is 5.84. The molecule has 1 saturated heterocycles. The number of carbonyl (C=O) groups is 2. The summed E-state index contributed by atoms with van der Waals surface area (Å²) in [6.07, 6.45) is 0.820. The lowest BCUT2D eigenvalue weighted by Crippen LogP contribution is -2.58. The molecule has 1 aliphatic heterocycles. The topological polar surface area (TPSA) is 78.9 Å². The molecule has 132 valence electrons. The zero-order valence-corrected chi connectivity index (χ0v) is 13.3. The van der Waals surface area contributed by atoms with Gasteiger partial charge in [-0.15, -0.1) is 0 Å². The van der Waals surface area contributed by atoms with E-state index in [2.05, 4.69) is 10.1 Å². The fraction of sp³-hybridized carbons (Fsp3) is 0.500. The lowest BCUT2D eigenvalue weighted by Gasteiger charge is -2.38. The highest BCUT2D eigenvalue weighted by molar-refractivity contribution is 5.86. The Labute approximate surface area is 138 Å². The van der Waals surface area contributed by atoms with Crippen molar-refractivity contribution in [3.05, 3.63) is 35.4 Å². The van der Waals surface area contributed by atoms with Crippen LogP contribution < -0.4 is 5.32 Å². The summed E-state index contributed by atoms with van der Waals surface area (Å²) < 4.78 is 30.7. The number of methoxy groups -OCH3 is 1. The van der Waals surface area contributed by atoms with Crippen LogP contribution in [0.4, 0.5) is 8.78 Å². The van der Waals surface area contributed by atoms with E-state index in [1.165, 1.54) is 18.1 Å². The molecule has 1 atom stereocenters. The van der Waals surface area contributed by atoms with Crippen LogP contribution in [0, 0.1) is 11.6 Å². The molecule has 24 heavy (non-hydrogen) atoms. The van der Waals surface area contributed by atoms with Crippen LogP contribution in [0.3, 0.4) is 0 Å². The van der Waals surface area contributed by atoms with E-state index in [1.807, 2.05) is 0 Å². The molecule has 2 rings (SSSR count). The fourth-order valence-electron chi connectivity index (χ4n) is 2.68. The van der Waals surface area contributed by atoms with Crippen LogP contribution in [0.2, 0.25) is 0 Å². The minimum absolute atomic E-state index is 0.0787. The van der Waals surface area contributed by atoms with Crippen molar-refractivity contribution in [1.82, 2.24) is 10.2 Å². The second kappa shape index (κ2) is 7.67. The van der Waals surface area contributed by atoms with Gasteiger partial charge in [0.25, 0.3) is 5.91 Å². The molecule has 0 spiro atoms. The van der Waals surface area contributed by atoms with Gasteiger partial charge in [-0.05, 0) is 30.5 Å². The number of benzene rings is 1. The van der Waals surface area contributed by atoms with Gasteiger partial charge in [-0.3, -0.25) is 9.59 Å². The Hall–Kier alpha value is -2.06. The summed E-state index contributed by atoms with van der Waals surface area (Å²) >= 11 is 0. The zero-order valence-electron chi connectivity index (χ0n) is 13.3. The van der Waals surface area contributed by atoms with Gasteiger partial charge >= 0.3 is 5.97 Å². The van der Waals surface area contributed by atoms with Crippen molar-refractivity contribution >= 4 is 11.9 Å². The van der Waals surface area contributed by atoms with Gasteiger partial charge in [0.15, 0.2) is 17.2 Å². The van der Waals surface area contributed by atoms with Gasteiger partial charge in [-0.2, -0.15) is 0 Å². The van der Waals surface area contributed by atoms with Gasteiger partial charge < -0.3 is 20.1 Å². The third-order valence-corrected chi connectivity index (χ3v) is 3.98. The lowest BCUT2D eigenvalue weighted by atomic mass is 9.91. The van der Waals surface area contributed by atoms with Crippen LogP contribution in [0.1, 0.15) is 18.4 Å². The average molecular weight is 342 g/mol. The Bertz CT molecular complexity index is 626. The minimum atomic E-state index is -1.63. The number of amides is 1. The summed E-state index contributed by atoms with van der Waals surface area (Å²) in [7, 11) is 1.24. The summed E-state index contributed by atoms with van der Waals surface area (Å²) in [6.45, 7) is 0.289. The van der Waals surface area contributed by atoms with Crippen molar-refractivity contribution in [2.75, 3.05) is 26.7 Å². The third kappa shape index (κ3) is 4.27. The van der Waals surface area contributed by atoms with Crippen molar-refractivity contribution in [1.29, 1.82) is 0 Å². The molecule has 1 amide bonds. The molecule has 0 aliphatic carbocycles. The van der Waals surface area contributed by atoms with Crippen LogP contribution >= 0.6 is 0 Å². The number of nitrogens with zero attached hydrogens (tertiary/aromatic N) is 1. The van der Waals surface area contributed by atoms with E-state index >= 15 is 0 Å². The summed E-state index contributed by atoms with van der Waals surface area (Å²) in [5.74, 6) is -2.93. The highest BCUT2D eigenvalue weighted by Crippen LogP contribution is 2.24. The number of esters is 1. The van der Waals surface area contributed by atoms with Crippen LogP contribution in [-0.4, -0.2) is 54.2 Å². The summed E-state index contributed by atoms with van der Waals surface area (Å²) in [5, 5.41) is 13.2. The molecule has 0 radical (unpaired) electrons. The van der Waals surface area contributed by atoms with Crippen LogP contribution in [0.5, 0.6) is 0 Å². The Morgan fingerprint density at radius 2 is 2.17 bits per heavy atom. The highest BCUT2D eigenvalue weighted by atomic mass is 19.2. The van der Waals surface area contributed by atoms with Gasteiger partial charge in [-0.25, -0.2) is 8.78 Å². The molecule has 0 saturated carbocycles. The van der Waals surface area contributed by atoms with Crippen molar-refractivity contribution in [2.45, 2.75) is 25.0 Å². The van der Waals surface area contributed by atoms with E-state index in [0.717, 1.165) is 12.1 Å². The quantitative estimate of drug-likeness (QED) is 0.740. The van der Waals surface area contributed by atoms with Gasteiger partial charge in [0.05, 0.1) is 13.7 Å². The molecular weight excluding hydrogens is 322 g/mol. The summed E-state index contributed by atoms with van der Waals surface area (Å²) in [6, 6.07) is 3.43. The number of rotatable bonds is 6. The first-order valence-corrected chi connectivity index (χ1v) is 7.59. The monoisotopic (exact) mass is 342 g/mol. The van der Waals surface area contributed by atoms with E-state index in [0.29, 0.717) is 18.5 Å². The molecule has 1 aliphatic rings. The Balaban J connectivity index is 2.00. The molecule has 1 aromatic rings. The molecule has 0 aromatic heterocycles. The molecular formula is C16H20F2N2O4. The normalized spacial score (nSPS) is 21.0. The maximum Gasteiger partial charge on any atom is 0.319 e. The fourth-order valence-corrected chi connectivity index (χ4v) is 2.68. The number of hydrogen-bond acceptors (Lipinski definition) is 5. The molecule has 6 nitrogen and oxygen atoms in total. The molecule has 0 bridgehead atoms. The molecule has 1 unspecified atom stereocenters. The number of likely N-dealkylation sites (tertiary alicyclic amines) is 1. The SMILES string of the molecule is COC(=O)CNCC1(O)CCCN(Cc2ccc(F)c(F)c2)C1=O.